The van der Waals surface area contributed by atoms with Crippen LogP contribution in [0.5, 0.6) is 0 Å². The molecule has 13 heteroatoms. The fourth-order valence-electron chi connectivity index (χ4n) is 3.11. The minimum absolute atomic E-state index is 0.266. The van der Waals surface area contributed by atoms with E-state index in [1.54, 1.807) is 73.6 Å². The molecule has 0 atom stereocenters. The number of nitrogens with zero attached hydrogens (tertiary/aromatic N) is 8. The molecule has 0 spiro atoms. The fraction of sp³-hybridized carbons (Fsp3) is 0. The van der Waals surface area contributed by atoms with Gasteiger partial charge in [-0.05, 0) is 82.5 Å². The number of hydrogen-bond donors (Lipinski definition) is 0. The number of benzene rings is 2. The van der Waals surface area contributed by atoms with Crippen LogP contribution >= 0.6 is 39.1 Å². The Morgan fingerprint density at radius 2 is 1.09 bits per heavy atom. The van der Waals surface area contributed by atoms with E-state index >= 15 is 0 Å². The molecule has 0 aliphatic heterocycles. The third-order valence-corrected chi connectivity index (χ3v) is 6.05. The topological polar surface area (TPSA) is 87.2 Å². The van der Waals surface area contributed by atoms with Gasteiger partial charge in [-0.3, -0.25) is 0 Å². The minimum Gasteiger partial charge on any atom is -0.238 e. The molecule has 2 aromatic carbocycles. The van der Waals surface area contributed by atoms with E-state index in [-0.39, 0.29) is 21.9 Å². The van der Waals surface area contributed by atoms with E-state index in [0.29, 0.717) is 33.1 Å². The van der Waals surface area contributed by atoms with Gasteiger partial charge in [0.2, 0.25) is 5.82 Å². The molecule has 0 N–H and O–H groups in total. The van der Waals surface area contributed by atoms with Crippen molar-refractivity contribution in [2.45, 2.75) is 0 Å². The molecular weight excluding hydrogens is 661 g/mol. The highest BCUT2D eigenvalue weighted by atomic mass is 79.9. The fourth-order valence-corrected chi connectivity index (χ4v) is 3.71. The van der Waals surface area contributed by atoms with Crippen molar-refractivity contribution in [1.82, 2.24) is 39.5 Å². The maximum Gasteiger partial charge on any atom is 0.205 e. The number of halogens is 5. The van der Waals surface area contributed by atoms with Crippen LogP contribution in [0.1, 0.15) is 17.0 Å². The number of rotatable bonds is 2. The van der Waals surface area contributed by atoms with E-state index in [4.69, 9.17) is 29.6 Å². The normalized spacial score (nSPS) is 9.77. The molecule has 0 aliphatic rings. The number of aromatic nitrogens is 8. The monoisotopic (exact) mass is 676 g/mol. The van der Waals surface area contributed by atoms with Crippen LogP contribution in [0.4, 0.5) is 8.78 Å². The van der Waals surface area contributed by atoms with Crippen LogP contribution in [0.2, 0.25) is 10.3 Å². The van der Waals surface area contributed by atoms with E-state index in [2.05, 4.69) is 63.8 Å². The molecule has 0 bridgehead atoms. The SMILES string of the molecule is Brc1ncccn1.C#Cc1cn(-c2ccc(F)cc2)nc1Cl.Fc1ccc(-n2cc(C#Cc3ncccn3)c(Cl)n2)cc1. The van der Waals surface area contributed by atoms with Gasteiger partial charge in [-0.15, -0.1) is 6.42 Å². The largest absolute Gasteiger partial charge is 0.238 e. The zero-order valence-electron chi connectivity index (χ0n) is 21.8. The van der Waals surface area contributed by atoms with E-state index < -0.39 is 0 Å². The summed E-state index contributed by atoms with van der Waals surface area (Å²) in [6.07, 6.45) is 15.1. The lowest BCUT2D eigenvalue weighted by molar-refractivity contribution is 0.626. The Morgan fingerprint density at radius 3 is 1.51 bits per heavy atom. The van der Waals surface area contributed by atoms with Crippen molar-refractivity contribution >= 4 is 39.1 Å². The summed E-state index contributed by atoms with van der Waals surface area (Å²) in [5, 5.41) is 8.67. The molecule has 4 heterocycles. The van der Waals surface area contributed by atoms with Crippen LogP contribution in [-0.2, 0) is 0 Å². The Balaban J connectivity index is 0.000000167. The van der Waals surface area contributed by atoms with E-state index in [0.717, 1.165) is 0 Å². The molecule has 0 radical (unpaired) electrons. The Labute approximate surface area is 263 Å². The van der Waals surface area contributed by atoms with Gasteiger partial charge in [0, 0.05) is 37.2 Å². The second kappa shape index (κ2) is 15.3. The minimum atomic E-state index is -0.307. The maximum atomic E-state index is 12.9. The third kappa shape index (κ3) is 9.28. The van der Waals surface area contributed by atoms with Crippen molar-refractivity contribution in [1.29, 1.82) is 0 Å². The van der Waals surface area contributed by atoms with Crippen LogP contribution in [0.25, 0.3) is 11.4 Å². The molecule has 4 aromatic heterocycles. The second-order valence-electron chi connectivity index (χ2n) is 7.99. The first-order valence-corrected chi connectivity index (χ1v) is 13.6. The second-order valence-corrected chi connectivity index (χ2v) is 9.42. The molecular formula is C30H17BrCl2F2N8. The van der Waals surface area contributed by atoms with Crippen molar-refractivity contribution in [2.24, 2.45) is 0 Å². The molecule has 0 amide bonds. The first kappa shape index (κ1) is 31.0. The van der Waals surface area contributed by atoms with Crippen molar-refractivity contribution in [3.05, 3.63) is 141 Å². The van der Waals surface area contributed by atoms with Crippen molar-refractivity contribution in [3.63, 3.8) is 0 Å². The van der Waals surface area contributed by atoms with Crippen LogP contribution in [0, 0.1) is 35.8 Å². The molecule has 0 aliphatic carbocycles. The van der Waals surface area contributed by atoms with Gasteiger partial charge in [-0.1, -0.05) is 35.0 Å². The average Bonchev–Trinajstić information content (AvgIpc) is 3.60. The predicted octanol–water partition coefficient (Wildman–Crippen LogP) is 6.74. The Kier molecular flexibility index (Phi) is 11.1. The van der Waals surface area contributed by atoms with Crippen LogP contribution in [-0.4, -0.2) is 39.5 Å². The molecule has 6 aromatic rings. The molecule has 0 fully saturated rings. The molecule has 0 unspecified atom stereocenters. The summed E-state index contributed by atoms with van der Waals surface area (Å²) in [7, 11) is 0. The summed E-state index contributed by atoms with van der Waals surface area (Å²) in [5.41, 5.74) is 2.47. The molecule has 43 heavy (non-hydrogen) atoms. The van der Waals surface area contributed by atoms with Crippen LogP contribution < -0.4 is 0 Å². The van der Waals surface area contributed by atoms with Gasteiger partial charge in [0.15, 0.2) is 15.0 Å². The molecule has 8 nitrogen and oxygen atoms in total. The zero-order valence-corrected chi connectivity index (χ0v) is 24.9. The van der Waals surface area contributed by atoms with Gasteiger partial charge in [0.25, 0.3) is 0 Å². The Bertz CT molecular complexity index is 1880. The zero-order chi connectivity index (χ0) is 30.6. The summed E-state index contributed by atoms with van der Waals surface area (Å²) in [6, 6.07) is 15.3. The molecule has 0 saturated carbocycles. The smallest absolute Gasteiger partial charge is 0.205 e. The lowest BCUT2D eigenvalue weighted by Crippen LogP contribution is -1.93. The van der Waals surface area contributed by atoms with Gasteiger partial charge in [-0.25, -0.2) is 38.1 Å². The van der Waals surface area contributed by atoms with Gasteiger partial charge in [-0.2, -0.15) is 10.2 Å². The predicted molar refractivity (Wildman–Crippen MR) is 163 cm³/mol. The van der Waals surface area contributed by atoms with Crippen molar-refractivity contribution in [2.75, 3.05) is 0 Å². The lowest BCUT2D eigenvalue weighted by atomic mass is 10.3. The van der Waals surface area contributed by atoms with E-state index in [9.17, 15) is 8.78 Å². The molecule has 212 valence electrons. The van der Waals surface area contributed by atoms with Gasteiger partial charge < -0.3 is 0 Å². The third-order valence-electron chi connectivity index (χ3n) is 5.09. The lowest BCUT2D eigenvalue weighted by Gasteiger charge is -1.99. The first-order valence-electron chi connectivity index (χ1n) is 12.0. The highest BCUT2D eigenvalue weighted by molar-refractivity contribution is 9.10. The maximum absolute atomic E-state index is 12.9. The highest BCUT2D eigenvalue weighted by Crippen LogP contribution is 2.17. The standard InChI is InChI=1S/C15H8ClFN4.C11H6ClFN2.C4H3BrN2/c16-15-11(2-7-14-18-8-1-9-19-14)10-21(20-15)13-5-3-12(17)4-6-13;1-2-8-7-15(14-11(8)12)10-5-3-9(13)4-6-10;5-4-6-2-1-3-7-4/h1,3-6,8-10H;1,3-7H;1-3H. The van der Waals surface area contributed by atoms with Crippen LogP contribution in [0.3, 0.4) is 0 Å². The summed E-state index contributed by atoms with van der Waals surface area (Å²) >= 11 is 14.9. The summed E-state index contributed by atoms with van der Waals surface area (Å²) in [5.74, 6) is 7.88. The summed E-state index contributed by atoms with van der Waals surface area (Å²) < 4.78 is 29.3. The van der Waals surface area contributed by atoms with Gasteiger partial charge in [0.1, 0.15) is 11.6 Å². The highest BCUT2D eigenvalue weighted by Gasteiger charge is 2.07. The van der Waals surface area contributed by atoms with Gasteiger partial charge >= 0.3 is 0 Å². The molecule has 0 saturated heterocycles. The Morgan fingerprint density at radius 1 is 0.651 bits per heavy atom. The first-order chi connectivity index (χ1) is 20.8. The summed E-state index contributed by atoms with van der Waals surface area (Å²) in [6.45, 7) is 0. The van der Waals surface area contributed by atoms with E-state index in [1.165, 1.54) is 33.6 Å². The molecule has 6 rings (SSSR count). The number of hydrogen-bond acceptors (Lipinski definition) is 6. The van der Waals surface area contributed by atoms with Crippen molar-refractivity contribution in [3.8, 4) is 35.6 Å². The van der Waals surface area contributed by atoms with Crippen molar-refractivity contribution < 1.29 is 8.78 Å². The quantitative estimate of drug-likeness (QED) is 0.149. The average molecular weight is 678 g/mol. The Hall–Kier alpha value is -4.94. The van der Waals surface area contributed by atoms with E-state index in [1.807, 2.05) is 0 Å². The number of terminal acetylenes is 1. The van der Waals surface area contributed by atoms with Crippen LogP contribution in [0.15, 0.2) is 103 Å². The summed E-state index contributed by atoms with van der Waals surface area (Å²) in [4.78, 5) is 15.6. The van der Waals surface area contributed by atoms with Gasteiger partial charge in [0.05, 0.1) is 22.5 Å².